The summed E-state index contributed by atoms with van der Waals surface area (Å²) in [6.45, 7) is 6.13. The number of terminal acetylenes is 1. The Morgan fingerprint density at radius 1 is 1.69 bits per heavy atom. The summed E-state index contributed by atoms with van der Waals surface area (Å²) >= 11 is 0. The van der Waals surface area contributed by atoms with E-state index < -0.39 is 0 Å². The number of ether oxygens (including phenoxy) is 1. The third-order valence-corrected chi connectivity index (χ3v) is 2.77. The van der Waals surface area contributed by atoms with E-state index >= 15 is 0 Å². The van der Waals surface area contributed by atoms with Gasteiger partial charge in [0.1, 0.15) is 0 Å². The van der Waals surface area contributed by atoms with Crippen molar-refractivity contribution in [1.29, 1.82) is 0 Å². The predicted molar refractivity (Wildman–Crippen MR) is 54.4 cm³/mol. The van der Waals surface area contributed by atoms with Gasteiger partial charge < -0.3 is 10.1 Å². The molecule has 1 aliphatic heterocycles. The normalized spacial score (nSPS) is 29.9. The van der Waals surface area contributed by atoms with Gasteiger partial charge in [-0.3, -0.25) is 0 Å². The van der Waals surface area contributed by atoms with Crippen LogP contribution in [0.4, 0.5) is 0 Å². The molecule has 2 nitrogen and oxygen atoms in total. The van der Waals surface area contributed by atoms with E-state index in [0.29, 0.717) is 12.0 Å². The summed E-state index contributed by atoms with van der Waals surface area (Å²) in [5, 5.41) is 3.38. The maximum Gasteiger partial charge on any atom is 0.0684 e. The van der Waals surface area contributed by atoms with Crippen LogP contribution in [-0.4, -0.2) is 25.3 Å². The fourth-order valence-corrected chi connectivity index (χ4v) is 1.66. The van der Waals surface area contributed by atoms with Crippen molar-refractivity contribution in [3.05, 3.63) is 0 Å². The average molecular weight is 181 g/mol. The molecule has 74 valence electrons. The second-order valence-corrected chi connectivity index (χ2v) is 3.66. The highest BCUT2D eigenvalue weighted by Gasteiger charge is 2.23. The van der Waals surface area contributed by atoms with Crippen LogP contribution < -0.4 is 5.32 Å². The van der Waals surface area contributed by atoms with E-state index in [1.165, 1.54) is 0 Å². The second kappa shape index (κ2) is 5.26. The molecule has 0 amide bonds. The second-order valence-electron chi connectivity index (χ2n) is 3.66. The molecule has 0 aromatic carbocycles. The van der Waals surface area contributed by atoms with E-state index in [9.17, 15) is 0 Å². The van der Waals surface area contributed by atoms with Crippen molar-refractivity contribution in [2.24, 2.45) is 5.92 Å². The van der Waals surface area contributed by atoms with Gasteiger partial charge in [0.25, 0.3) is 0 Å². The van der Waals surface area contributed by atoms with Crippen LogP contribution in [0.1, 0.15) is 26.7 Å². The molecule has 13 heavy (non-hydrogen) atoms. The molecular weight excluding hydrogens is 162 g/mol. The molecular formula is C11H19NO. The van der Waals surface area contributed by atoms with Crippen molar-refractivity contribution in [1.82, 2.24) is 5.32 Å². The number of nitrogens with one attached hydrogen (secondary N) is 1. The van der Waals surface area contributed by atoms with Crippen LogP contribution in [0.5, 0.6) is 0 Å². The Kier molecular flexibility index (Phi) is 4.27. The standard InChI is InChI=1S/C11H19NO/c1-4-11(5-2)12-8-10-6-7-13-9(10)3/h1,9-12H,5-8H2,2-3H3. The maximum absolute atomic E-state index is 5.47. The van der Waals surface area contributed by atoms with E-state index in [4.69, 9.17) is 11.2 Å². The molecule has 0 aromatic heterocycles. The maximum atomic E-state index is 5.47. The van der Waals surface area contributed by atoms with Crippen LogP contribution in [-0.2, 0) is 4.74 Å². The first kappa shape index (κ1) is 10.6. The average Bonchev–Trinajstić information content (AvgIpc) is 2.54. The van der Waals surface area contributed by atoms with Gasteiger partial charge in [-0.2, -0.15) is 0 Å². The van der Waals surface area contributed by atoms with Crippen molar-refractivity contribution in [2.45, 2.75) is 38.8 Å². The molecule has 0 aromatic rings. The molecule has 1 fully saturated rings. The molecule has 1 aliphatic rings. The molecule has 3 unspecified atom stereocenters. The number of hydrogen-bond donors (Lipinski definition) is 1. The zero-order valence-corrected chi connectivity index (χ0v) is 8.55. The van der Waals surface area contributed by atoms with Crippen LogP contribution in [0.15, 0.2) is 0 Å². The number of rotatable bonds is 4. The van der Waals surface area contributed by atoms with Gasteiger partial charge in [0.2, 0.25) is 0 Å². The molecule has 0 bridgehead atoms. The Morgan fingerprint density at radius 3 is 2.92 bits per heavy atom. The Morgan fingerprint density at radius 2 is 2.46 bits per heavy atom. The van der Waals surface area contributed by atoms with E-state index in [0.717, 1.165) is 26.0 Å². The minimum absolute atomic E-state index is 0.229. The third-order valence-electron chi connectivity index (χ3n) is 2.77. The van der Waals surface area contributed by atoms with Crippen LogP contribution in [0.25, 0.3) is 0 Å². The highest BCUT2D eigenvalue weighted by Crippen LogP contribution is 2.19. The van der Waals surface area contributed by atoms with E-state index in [-0.39, 0.29) is 6.04 Å². The van der Waals surface area contributed by atoms with Crippen LogP contribution in [0, 0.1) is 18.3 Å². The van der Waals surface area contributed by atoms with Gasteiger partial charge in [0, 0.05) is 13.2 Å². The monoisotopic (exact) mass is 181 g/mol. The molecule has 3 atom stereocenters. The summed E-state index contributed by atoms with van der Waals surface area (Å²) in [4.78, 5) is 0. The molecule has 0 aliphatic carbocycles. The quantitative estimate of drug-likeness (QED) is 0.662. The Bertz CT molecular complexity index is 185. The molecule has 1 rings (SSSR count). The lowest BCUT2D eigenvalue weighted by atomic mass is 10.0. The molecule has 1 N–H and O–H groups in total. The summed E-state index contributed by atoms with van der Waals surface area (Å²) in [5.74, 6) is 3.38. The highest BCUT2D eigenvalue weighted by molar-refractivity contribution is 4.98. The van der Waals surface area contributed by atoms with E-state index in [2.05, 4.69) is 25.1 Å². The molecule has 0 radical (unpaired) electrons. The summed E-state index contributed by atoms with van der Waals surface area (Å²) < 4.78 is 5.47. The molecule has 2 heteroatoms. The first-order chi connectivity index (χ1) is 6.27. The van der Waals surface area contributed by atoms with Crippen molar-refractivity contribution < 1.29 is 4.74 Å². The topological polar surface area (TPSA) is 21.3 Å². The first-order valence-electron chi connectivity index (χ1n) is 5.09. The molecule has 0 saturated carbocycles. The van der Waals surface area contributed by atoms with Crippen LogP contribution in [0.2, 0.25) is 0 Å². The van der Waals surface area contributed by atoms with Crippen molar-refractivity contribution in [2.75, 3.05) is 13.2 Å². The van der Waals surface area contributed by atoms with Crippen molar-refractivity contribution in [3.8, 4) is 12.3 Å². The molecule has 1 saturated heterocycles. The lowest BCUT2D eigenvalue weighted by Crippen LogP contribution is -2.34. The van der Waals surface area contributed by atoms with Gasteiger partial charge in [0.15, 0.2) is 0 Å². The molecule has 1 heterocycles. The highest BCUT2D eigenvalue weighted by atomic mass is 16.5. The van der Waals surface area contributed by atoms with Gasteiger partial charge >= 0.3 is 0 Å². The van der Waals surface area contributed by atoms with Gasteiger partial charge in [-0.15, -0.1) is 6.42 Å². The fourth-order valence-electron chi connectivity index (χ4n) is 1.66. The summed E-state index contributed by atoms with van der Waals surface area (Å²) in [6.07, 6.45) is 7.91. The summed E-state index contributed by atoms with van der Waals surface area (Å²) in [6, 6.07) is 0.229. The van der Waals surface area contributed by atoms with Crippen molar-refractivity contribution in [3.63, 3.8) is 0 Å². The SMILES string of the molecule is C#CC(CC)NCC1CCOC1C. The zero-order valence-electron chi connectivity index (χ0n) is 8.55. The van der Waals surface area contributed by atoms with Gasteiger partial charge in [0.05, 0.1) is 12.1 Å². The fraction of sp³-hybridized carbons (Fsp3) is 0.818. The summed E-state index contributed by atoms with van der Waals surface area (Å²) in [5.41, 5.74) is 0. The van der Waals surface area contributed by atoms with E-state index in [1.54, 1.807) is 0 Å². The van der Waals surface area contributed by atoms with Crippen molar-refractivity contribution >= 4 is 0 Å². The molecule has 0 spiro atoms. The van der Waals surface area contributed by atoms with Gasteiger partial charge in [-0.1, -0.05) is 12.8 Å². The minimum atomic E-state index is 0.229. The third kappa shape index (κ3) is 3.02. The smallest absolute Gasteiger partial charge is 0.0684 e. The van der Waals surface area contributed by atoms with E-state index in [1.807, 2.05) is 0 Å². The zero-order chi connectivity index (χ0) is 9.68. The lowest BCUT2D eigenvalue weighted by molar-refractivity contribution is 0.105. The summed E-state index contributed by atoms with van der Waals surface area (Å²) in [7, 11) is 0. The Balaban J connectivity index is 2.22. The van der Waals surface area contributed by atoms with Crippen LogP contribution in [0.3, 0.4) is 0 Å². The largest absolute Gasteiger partial charge is 0.378 e. The first-order valence-corrected chi connectivity index (χ1v) is 5.09. The van der Waals surface area contributed by atoms with Gasteiger partial charge in [-0.25, -0.2) is 0 Å². The Labute approximate surface area is 81.0 Å². The predicted octanol–water partition coefficient (Wildman–Crippen LogP) is 1.41. The lowest BCUT2D eigenvalue weighted by Gasteiger charge is -2.17. The minimum Gasteiger partial charge on any atom is -0.378 e. The van der Waals surface area contributed by atoms with Gasteiger partial charge in [-0.05, 0) is 25.7 Å². The van der Waals surface area contributed by atoms with Crippen LogP contribution >= 0.6 is 0 Å². The number of hydrogen-bond acceptors (Lipinski definition) is 2. The Hall–Kier alpha value is -0.520.